The van der Waals surface area contributed by atoms with Crippen LogP contribution >= 0.6 is 11.3 Å². The van der Waals surface area contributed by atoms with E-state index in [9.17, 15) is 4.79 Å². The lowest BCUT2D eigenvalue weighted by Gasteiger charge is -2.05. The van der Waals surface area contributed by atoms with E-state index >= 15 is 0 Å². The van der Waals surface area contributed by atoms with Crippen LogP contribution in [0.25, 0.3) is 0 Å². The largest absolute Gasteiger partial charge is 0.396 e. The average Bonchev–Trinajstić information content (AvgIpc) is 2.74. The average molecular weight is 286 g/mol. The highest BCUT2D eigenvalue weighted by atomic mass is 32.1. The quantitative estimate of drug-likeness (QED) is 0.801. The maximum Gasteiger partial charge on any atom is 0.261 e. The van der Waals surface area contributed by atoms with Gasteiger partial charge in [-0.3, -0.25) is 4.79 Å². The number of primary amides is 1. The molecule has 0 unspecified atom stereocenters. The van der Waals surface area contributed by atoms with Crippen molar-refractivity contribution in [2.24, 2.45) is 5.73 Å². The Morgan fingerprint density at radius 1 is 1.40 bits per heavy atom. The summed E-state index contributed by atoms with van der Waals surface area (Å²) in [5.74, 6) is -0.618. The predicted octanol–water partition coefficient (Wildman–Crippen LogP) is 2.22. The van der Waals surface area contributed by atoms with Gasteiger partial charge in [0.2, 0.25) is 0 Å². The third kappa shape index (κ3) is 2.73. The smallest absolute Gasteiger partial charge is 0.261 e. The normalized spacial score (nSPS) is 10.0. The van der Waals surface area contributed by atoms with E-state index < -0.39 is 5.91 Å². The molecule has 1 amide bonds. The molecule has 102 valence electrons. The Morgan fingerprint density at radius 3 is 2.60 bits per heavy atom. The van der Waals surface area contributed by atoms with E-state index in [4.69, 9.17) is 16.7 Å². The predicted molar refractivity (Wildman–Crippen MR) is 80.5 cm³/mol. The fraction of sp³-hybridized carbons (Fsp3) is 0.143. The first-order valence-electron chi connectivity index (χ1n) is 5.94. The molecule has 0 aliphatic rings. The molecule has 1 aromatic heterocycles. The molecule has 0 bridgehead atoms. The van der Waals surface area contributed by atoms with Crippen LogP contribution in [-0.2, 0) is 6.54 Å². The molecule has 0 saturated carbocycles. The number of hydrogen-bond donors (Lipinski definition) is 3. The fourth-order valence-corrected chi connectivity index (χ4v) is 2.67. The molecule has 0 saturated heterocycles. The maximum atomic E-state index is 11.2. The minimum Gasteiger partial charge on any atom is -0.396 e. The van der Waals surface area contributed by atoms with E-state index in [1.54, 1.807) is 0 Å². The van der Waals surface area contributed by atoms with Gasteiger partial charge in [-0.25, -0.2) is 0 Å². The Balaban J connectivity index is 2.21. The number of nitrogens with one attached hydrogen (secondary N) is 1. The topological polar surface area (TPSA) is 105 Å². The van der Waals surface area contributed by atoms with E-state index in [1.807, 2.05) is 37.3 Å². The molecule has 5 nitrogen and oxygen atoms in total. The first-order valence-corrected chi connectivity index (χ1v) is 6.76. The summed E-state index contributed by atoms with van der Waals surface area (Å²) in [6, 6.07) is 10.0. The van der Waals surface area contributed by atoms with E-state index in [2.05, 4.69) is 5.32 Å². The summed E-state index contributed by atoms with van der Waals surface area (Å²) in [5, 5.41) is 12.8. The SMILES string of the molecule is Cc1ccc(CNc2sc(C(N)=O)c(N)c2C#N)cc1. The molecule has 5 N–H and O–H groups in total. The summed E-state index contributed by atoms with van der Waals surface area (Å²) >= 11 is 1.11. The van der Waals surface area contributed by atoms with Crippen molar-refractivity contribution < 1.29 is 4.79 Å². The third-order valence-electron chi connectivity index (χ3n) is 2.85. The van der Waals surface area contributed by atoms with Crippen molar-refractivity contribution in [3.63, 3.8) is 0 Å². The number of hydrogen-bond acceptors (Lipinski definition) is 5. The zero-order chi connectivity index (χ0) is 14.7. The number of nitrogen functional groups attached to an aromatic ring is 1. The van der Waals surface area contributed by atoms with Gasteiger partial charge in [0.15, 0.2) is 0 Å². The molecule has 1 heterocycles. The molecule has 6 heteroatoms. The first kappa shape index (κ1) is 13.9. The molecule has 0 atom stereocenters. The van der Waals surface area contributed by atoms with E-state index in [-0.39, 0.29) is 16.1 Å². The van der Waals surface area contributed by atoms with Crippen LogP contribution in [0.5, 0.6) is 0 Å². The van der Waals surface area contributed by atoms with Crippen LogP contribution in [-0.4, -0.2) is 5.91 Å². The Labute approximate surface area is 120 Å². The summed E-state index contributed by atoms with van der Waals surface area (Å²) in [7, 11) is 0. The van der Waals surface area contributed by atoms with Crippen molar-refractivity contribution in [2.45, 2.75) is 13.5 Å². The number of rotatable bonds is 4. The number of carbonyl (C=O) groups excluding carboxylic acids is 1. The van der Waals surface area contributed by atoms with Crippen LogP contribution in [0.4, 0.5) is 10.7 Å². The molecule has 0 spiro atoms. The Morgan fingerprint density at radius 2 is 2.05 bits per heavy atom. The standard InChI is InChI=1S/C14H14N4OS/c1-8-2-4-9(5-3-8)7-18-14-10(6-15)11(16)12(20-14)13(17)19/h2-5,18H,7,16H2,1H3,(H2,17,19). The van der Waals surface area contributed by atoms with Gasteiger partial charge in [-0.05, 0) is 12.5 Å². The summed E-state index contributed by atoms with van der Waals surface area (Å²) in [6.45, 7) is 2.57. The monoisotopic (exact) mass is 286 g/mol. The first-order chi connectivity index (χ1) is 9.52. The van der Waals surface area contributed by atoms with Gasteiger partial charge in [0.05, 0.1) is 5.69 Å². The summed E-state index contributed by atoms with van der Waals surface area (Å²) in [6.07, 6.45) is 0. The van der Waals surface area contributed by atoms with Gasteiger partial charge >= 0.3 is 0 Å². The van der Waals surface area contributed by atoms with Crippen molar-refractivity contribution in [3.05, 3.63) is 45.8 Å². The fourth-order valence-electron chi connectivity index (χ4n) is 1.75. The van der Waals surface area contributed by atoms with Crippen LogP contribution in [0.2, 0.25) is 0 Å². The molecule has 0 aliphatic heterocycles. The van der Waals surface area contributed by atoms with Crippen molar-refractivity contribution in [1.29, 1.82) is 5.26 Å². The van der Waals surface area contributed by atoms with Crippen molar-refractivity contribution in [2.75, 3.05) is 11.1 Å². The van der Waals surface area contributed by atoms with Crippen molar-refractivity contribution >= 4 is 27.9 Å². The summed E-state index contributed by atoms with van der Waals surface area (Å²) < 4.78 is 0. The molecule has 1 aromatic carbocycles. The second-order valence-corrected chi connectivity index (χ2v) is 5.38. The highest BCUT2D eigenvalue weighted by Gasteiger charge is 2.18. The van der Waals surface area contributed by atoms with Crippen LogP contribution in [0.3, 0.4) is 0 Å². The number of nitrogens with two attached hydrogens (primary N) is 2. The lowest BCUT2D eigenvalue weighted by Crippen LogP contribution is -2.10. The second-order valence-electron chi connectivity index (χ2n) is 4.36. The number of anilines is 2. The van der Waals surface area contributed by atoms with Crippen molar-refractivity contribution in [3.8, 4) is 6.07 Å². The number of thiophene rings is 1. The molecule has 20 heavy (non-hydrogen) atoms. The highest BCUT2D eigenvalue weighted by Crippen LogP contribution is 2.35. The third-order valence-corrected chi connectivity index (χ3v) is 4.03. The van der Waals surface area contributed by atoms with Gasteiger partial charge in [-0.15, -0.1) is 11.3 Å². The number of carbonyl (C=O) groups is 1. The molecular weight excluding hydrogens is 272 g/mol. The highest BCUT2D eigenvalue weighted by molar-refractivity contribution is 7.18. The van der Waals surface area contributed by atoms with Crippen LogP contribution in [0.15, 0.2) is 24.3 Å². The van der Waals surface area contributed by atoms with Crippen LogP contribution in [0.1, 0.15) is 26.4 Å². The van der Waals surface area contributed by atoms with Gasteiger partial charge in [0.1, 0.15) is 21.5 Å². The van der Waals surface area contributed by atoms with Crippen LogP contribution < -0.4 is 16.8 Å². The van der Waals surface area contributed by atoms with E-state index in [0.717, 1.165) is 16.9 Å². The van der Waals surface area contributed by atoms with Gasteiger partial charge in [-0.2, -0.15) is 5.26 Å². The molecule has 2 aromatic rings. The lowest BCUT2D eigenvalue weighted by atomic mass is 10.1. The minimum atomic E-state index is -0.618. The van der Waals surface area contributed by atoms with Gasteiger partial charge < -0.3 is 16.8 Å². The molecular formula is C14H14N4OS. The molecule has 0 aliphatic carbocycles. The second kappa shape index (κ2) is 5.63. The molecule has 0 fully saturated rings. The number of benzene rings is 1. The molecule has 2 rings (SSSR count). The summed E-state index contributed by atoms with van der Waals surface area (Å²) in [4.78, 5) is 11.4. The Bertz CT molecular complexity index is 682. The maximum absolute atomic E-state index is 11.2. The molecule has 0 radical (unpaired) electrons. The van der Waals surface area contributed by atoms with E-state index in [0.29, 0.717) is 11.5 Å². The van der Waals surface area contributed by atoms with E-state index in [1.165, 1.54) is 5.56 Å². The van der Waals surface area contributed by atoms with Gasteiger partial charge in [0, 0.05) is 6.54 Å². The number of aryl methyl sites for hydroxylation is 1. The van der Waals surface area contributed by atoms with Crippen LogP contribution in [0, 0.1) is 18.3 Å². The zero-order valence-electron chi connectivity index (χ0n) is 10.9. The van der Waals surface area contributed by atoms with Gasteiger partial charge in [-0.1, -0.05) is 29.8 Å². The Hall–Kier alpha value is -2.52. The minimum absolute atomic E-state index is 0.149. The number of nitriles is 1. The number of nitrogens with zero attached hydrogens (tertiary/aromatic N) is 1. The lowest BCUT2D eigenvalue weighted by molar-refractivity contribution is 0.100. The van der Waals surface area contributed by atoms with Gasteiger partial charge in [0.25, 0.3) is 5.91 Å². The van der Waals surface area contributed by atoms with Crippen molar-refractivity contribution in [1.82, 2.24) is 0 Å². The zero-order valence-corrected chi connectivity index (χ0v) is 11.8. The summed E-state index contributed by atoms with van der Waals surface area (Å²) in [5.41, 5.74) is 13.7. The Kier molecular flexibility index (Phi) is 3.91. The number of amides is 1.